The molecule has 160 valence electrons. The van der Waals surface area contributed by atoms with Crippen molar-refractivity contribution in [3.05, 3.63) is 53.5 Å². The molecule has 2 aliphatic rings. The number of aromatic nitrogens is 3. The van der Waals surface area contributed by atoms with Crippen LogP contribution in [0.3, 0.4) is 0 Å². The van der Waals surface area contributed by atoms with Crippen LogP contribution in [-0.2, 0) is 7.05 Å². The van der Waals surface area contributed by atoms with Crippen LogP contribution in [0.4, 0.5) is 0 Å². The smallest absolute Gasteiger partial charge is 0.292 e. The summed E-state index contributed by atoms with van der Waals surface area (Å²) in [6.45, 7) is 3.14. The molecule has 0 bridgehead atoms. The molecule has 8 nitrogen and oxygen atoms in total. The average Bonchev–Trinajstić information content (AvgIpc) is 3.43. The van der Waals surface area contributed by atoms with E-state index in [1.54, 1.807) is 21.8 Å². The minimum atomic E-state index is -0.223. The minimum absolute atomic E-state index is 0.0943. The zero-order valence-electron chi connectivity index (χ0n) is 17.6. The number of ketones is 1. The maximum absolute atomic E-state index is 13.0. The molecule has 0 aliphatic carbocycles. The Labute approximate surface area is 179 Å². The number of amides is 1. The number of carbonyl (C=O) groups excluding carboxylic acids is 2. The molecular formula is C23H24N4O4. The Morgan fingerprint density at radius 3 is 2.94 bits per heavy atom. The van der Waals surface area contributed by atoms with E-state index < -0.39 is 0 Å². The van der Waals surface area contributed by atoms with Gasteiger partial charge in [0.05, 0.1) is 11.8 Å². The first-order valence-corrected chi connectivity index (χ1v) is 10.5. The van der Waals surface area contributed by atoms with E-state index >= 15 is 0 Å². The zero-order chi connectivity index (χ0) is 21.5. The number of aryl methyl sites for hydroxylation is 2. The Hall–Kier alpha value is -3.42. The third kappa shape index (κ3) is 3.73. The maximum Gasteiger partial charge on any atom is 0.292 e. The molecule has 1 aromatic carbocycles. The van der Waals surface area contributed by atoms with Crippen LogP contribution in [-0.4, -0.2) is 50.7 Å². The topological polar surface area (TPSA) is 90.5 Å². The summed E-state index contributed by atoms with van der Waals surface area (Å²) >= 11 is 0. The molecule has 1 saturated heterocycles. The monoisotopic (exact) mass is 420 g/mol. The van der Waals surface area contributed by atoms with Gasteiger partial charge in [-0.15, -0.1) is 0 Å². The van der Waals surface area contributed by atoms with Crippen LogP contribution < -0.4 is 4.74 Å². The molecule has 2 aliphatic heterocycles. The highest BCUT2D eigenvalue weighted by atomic mass is 16.5. The predicted octanol–water partition coefficient (Wildman–Crippen LogP) is 3.27. The lowest BCUT2D eigenvalue weighted by molar-refractivity contribution is 0.0387. The second-order valence-corrected chi connectivity index (χ2v) is 8.42. The van der Waals surface area contributed by atoms with Gasteiger partial charge in [0, 0.05) is 50.3 Å². The van der Waals surface area contributed by atoms with Gasteiger partial charge in [-0.25, -0.2) is 0 Å². The lowest BCUT2D eigenvalue weighted by atomic mass is 9.86. The van der Waals surface area contributed by atoms with Crippen LogP contribution in [0, 0.1) is 12.8 Å². The third-order valence-corrected chi connectivity index (χ3v) is 6.09. The molecule has 0 saturated carbocycles. The van der Waals surface area contributed by atoms with E-state index in [0.29, 0.717) is 36.5 Å². The fourth-order valence-corrected chi connectivity index (χ4v) is 4.44. The summed E-state index contributed by atoms with van der Waals surface area (Å²) in [6, 6.07) is 7.36. The van der Waals surface area contributed by atoms with Gasteiger partial charge >= 0.3 is 0 Å². The molecule has 5 rings (SSSR count). The second kappa shape index (κ2) is 7.68. The highest BCUT2D eigenvalue weighted by Crippen LogP contribution is 2.34. The molecule has 8 heteroatoms. The lowest BCUT2D eigenvalue weighted by Gasteiger charge is -2.38. The van der Waals surface area contributed by atoms with Crippen LogP contribution in [0.2, 0.25) is 0 Å². The van der Waals surface area contributed by atoms with Gasteiger partial charge in [0.1, 0.15) is 17.5 Å². The SMILES string of the molecule is Cc1ccc2c(c1)C(=O)CC(C1CCCN(C(=O)c3cc(-c4cnn(C)c4)no3)C1)O2. The van der Waals surface area contributed by atoms with Crippen molar-refractivity contribution >= 4 is 11.7 Å². The lowest BCUT2D eigenvalue weighted by Crippen LogP contribution is -2.46. The molecule has 2 unspecified atom stereocenters. The molecule has 2 atom stereocenters. The largest absolute Gasteiger partial charge is 0.489 e. The van der Waals surface area contributed by atoms with Crippen molar-refractivity contribution in [1.82, 2.24) is 19.8 Å². The fraction of sp³-hybridized carbons (Fsp3) is 0.391. The standard InChI is InChI=1S/C23H24N4O4/c1-14-5-6-20-17(8-14)19(28)10-21(30-20)15-4-3-7-27(13-15)23(29)22-9-18(25-31-22)16-11-24-26(2)12-16/h5-6,8-9,11-12,15,21H,3-4,7,10,13H2,1-2H3. The molecule has 3 aromatic rings. The summed E-state index contributed by atoms with van der Waals surface area (Å²) in [7, 11) is 1.82. The number of rotatable bonds is 3. The molecule has 1 fully saturated rings. The van der Waals surface area contributed by atoms with Crippen LogP contribution >= 0.6 is 0 Å². The summed E-state index contributed by atoms with van der Waals surface area (Å²) in [5.74, 6) is 0.865. The maximum atomic E-state index is 13.0. The van der Waals surface area contributed by atoms with Gasteiger partial charge < -0.3 is 14.2 Å². The van der Waals surface area contributed by atoms with E-state index in [4.69, 9.17) is 9.26 Å². The van der Waals surface area contributed by atoms with Crippen molar-refractivity contribution in [3.63, 3.8) is 0 Å². The van der Waals surface area contributed by atoms with E-state index in [1.165, 1.54) is 0 Å². The highest BCUT2D eigenvalue weighted by Gasteiger charge is 2.36. The Morgan fingerprint density at radius 2 is 2.13 bits per heavy atom. The van der Waals surface area contributed by atoms with Gasteiger partial charge in [-0.2, -0.15) is 5.10 Å². The highest BCUT2D eigenvalue weighted by molar-refractivity contribution is 6.00. The van der Waals surface area contributed by atoms with Crippen LogP contribution in [0.1, 0.15) is 45.7 Å². The number of hydrogen-bond acceptors (Lipinski definition) is 6. The fourth-order valence-electron chi connectivity index (χ4n) is 4.44. The van der Waals surface area contributed by atoms with Crippen molar-refractivity contribution in [1.29, 1.82) is 0 Å². The number of nitrogens with zero attached hydrogens (tertiary/aromatic N) is 4. The first-order valence-electron chi connectivity index (χ1n) is 10.5. The number of piperidine rings is 1. The summed E-state index contributed by atoms with van der Waals surface area (Å²) in [4.78, 5) is 27.5. The molecule has 0 spiro atoms. The van der Waals surface area contributed by atoms with Gasteiger partial charge in [0.25, 0.3) is 5.91 Å². The number of Topliss-reactive ketones (excluding diaryl/α,β-unsaturated/α-hetero) is 1. The molecule has 0 radical (unpaired) electrons. The van der Waals surface area contributed by atoms with Gasteiger partial charge in [-0.1, -0.05) is 16.8 Å². The molecule has 31 heavy (non-hydrogen) atoms. The Kier molecular flexibility index (Phi) is 4.84. The van der Waals surface area contributed by atoms with Crippen LogP contribution in [0.5, 0.6) is 5.75 Å². The molecule has 1 amide bonds. The van der Waals surface area contributed by atoms with Gasteiger partial charge in [-0.05, 0) is 31.9 Å². The normalized spacial score (nSPS) is 21.0. The van der Waals surface area contributed by atoms with Crippen molar-refractivity contribution in [3.8, 4) is 17.0 Å². The molecule has 0 N–H and O–H groups in total. The van der Waals surface area contributed by atoms with E-state index in [9.17, 15) is 9.59 Å². The van der Waals surface area contributed by atoms with E-state index in [0.717, 1.165) is 24.0 Å². The molecule has 2 aromatic heterocycles. The average molecular weight is 420 g/mol. The number of hydrogen-bond donors (Lipinski definition) is 0. The number of ether oxygens (including phenoxy) is 1. The summed E-state index contributed by atoms with van der Waals surface area (Å²) in [5.41, 5.74) is 3.08. The number of fused-ring (bicyclic) bond motifs is 1. The second-order valence-electron chi connectivity index (χ2n) is 8.42. The van der Waals surface area contributed by atoms with Gasteiger partial charge in [-0.3, -0.25) is 14.3 Å². The van der Waals surface area contributed by atoms with Crippen LogP contribution in [0.15, 0.2) is 41.2 Å². The van der Waals surface area contributed by atoms with E-state index in [2.05, 4.69) is 10.3 Å². The first-order chi connectivity index (χ1) is 15.0. The number of likely N-dealkylation sites (tertiary alicyclic amines) is 1. The van der Waals surface area contributed by atoms with Crippen LogP contribution in [0.25, 0.3) is 11.3 Å². The van der Waals surface area contributed by atoms with E-state index in [-0.39, 0.29) is 29.5 Å². The predicted molar refractivity (Wildman–Crippen MR) is 112 cm³/mol. The Morgan fingerprint density at radius 1 is 1.26 bits per heavy atom. The summed E-state index contributed by atoms with van der Waals surface area (Å²) in [6.07, 6.45) is 5.39. The summed E-state index contributed by atoms with van der Waals surface area (Å²) in [5, 5.41) is 8.15. The molecular weight excluding hydrogens is 396 g/mol. The van der Waals surface area contributed by atoms with E-state index in [1.807, 2.05) is 38.4 Å². The van der Waals surface area contributed by atoms with Crippen molar-refractivity contribution in [2.45, 2.75) is 32.3 Å². The summed E-state index contributed by atoms with van der Waals surface area (Å²) < 4.78 is 13.2. The first kappa shape index (κ1) is 19.5. The quantitative estimate of drug-likeness (QED) is 0.646. The van der Waals surface area contributed by atoms with Gasteiger partial charge in [0.15, 0.2) is 5.78 Å². The van der Waals surface area contributed by atoms with Gasteiger partial charge in [0.2, 0.25) is 5.76 Å². The Balaban J connectivity index is 1.29. The molecule has 4 heterocycles. The number of benzene rings is 1. The zero-order valence-corrected chi connectivity index (χ0v) is 17.6. The third-order valence-electron chi connectivity index (χ3n) is 6.09. The number of carbonyl (C=O) groups is 2. The Bertz CT molecular complexity index is 1150. The minimum Gasteiger partial charge on any atom is -0.489 e. The van der Waals surface area contributed by atoms with Crippen molar-refractivity contribution < 1.29 is 18.8 Å². The van der Waals surface area contributed by atoms with Crippen molar-refractivity contribution in [2.24, 2.45) is 13.0 Å². The van der Waals surface area contributed by atoms with Crippen molar-refractivity contribution in [2.75, 3.05) is 13.1 Å².